The van der Waals surface area contributed by atoms with Crippen molar-refractivity contribution in [1.29, 1.82) is 0 Å². The molecule has 0 aliphatic heterocycles. The number of hydrogen-bond donors (Lipinski definition) is 2. The molecule has 0 radical (unpaired) electrons. The van der Waals surface area contributed by atoms with E-state index >= 15 is 0 Å². The normalized spacial score (nSPS) is 12.4. The van der Waals surface area contributed by atoms with Gasteiger partial charge in [-0.05, 0) is 43.8 Å². The predicted octanol–water partition coefficient (Wildman–Crippen LogP) is 2.39. The molecule has 1 aromatic rings. The van der Waals surface area contributed by atoms with Gasteiger partial charge < -0.3 is 10.6 Å². The summed E-state index contributed by atoms with van der Waals surface area (Å²) in [6, 6.07) is 4.56. The minimum Gasteiger partial charge on any atom is -0.385 e. The minimum absolute atomic E-state index is 0.586. The summed E-state index contributed by atoms with van der Waals surface area (Å²) in [7, 11) is -5.26. The Kier molecular flexibility index (Phi) is 5.82. The number of halogens is 3. The van der Waals surface area contributed by atoms with Crippen LogP contribution in [-0.2, 0) is 9.84 Å². The first-order valence-electron chi connectivity index (χ1n) is 6.15. The third kappa shape index (κ3) is 4.38. The summed E-state index contributed by atoms with van der Waals surface area (Å²) in [6.45, 7) is 4.36. The van der Waals surface area contributed by atoms with Gasteiger partial charge in [0.2, 0.25) is 0 Å². The van der Waals surface area contributed by atoms with Crippen molar-refractivity contribution in [2.45, 2.75) is 23.7 Å². The number of nitrogens with one attached hydrogen (secondary N) is 2. The monoisotopic (exact) mass is 310 g/mol. The Morgan fingerprint density at radius 3 is 2.20 bits per heavy atom. The van der Waals surface area contributed by atoms with Gasteiger partial charge in [-0.2, -0.15) is 13.2 Å². The first-order valence-corrected chi connectivity index (χ1v) is 7.63. The molecule has 20 heavy (non-hydrogen) atoms. The van der Waals surface area contributed by atoms with E-state index in [0.717, 1.165) is 31.6 Å². The Bertz CT molecular complexity index is 512. The Morgan fingerprint density at radius 1 is 1.10 bits per heavy atom. The molecule has 4 nitrogen and oxygen atoms in total. The first kappa shape index (κ1) is 16.8. The summed E-state index contributed by atoms with van der Waals surface area (Å²) >= 11 is 0. The molecule has 0 atom stereocenters. The van der Waals surface area contributed by atoms with Crippen LogP contribution in [0.2, 0.25) is 0 Å². The summed E-state index contributed by atoms with van der Waals surface area (Å²) in [6.07, 6.45) is 0.858. The number of benzene rings is 1. The number of anilines is 1. The second-order valence-electron chi connectivity index (χ2n) is 4.11. The third-order valence-electron chi connectivity index (χ3n) is 2.58. The van der Waals surface area contributed by atoms with Gasteiger partial charge in [-0.1, -0.05) is 6.92 Å². The van der Waals surface area contributed by atoms with Crippen molar-refractivity contribution in [2.75, 3.05) is 25.0 Å². The lowest BCUT2D eigenvalue weighted by Gasteiger charge is -2.10. The summed E-state index contributed by atoms with van der Waals surface area (Å²) in [4.78, 5) is -0.747. The maximum atomic E-state index is 12.3. The molecule has 2 N–H and O–H groups in total. The first-order chi connectivity index (χ1) is 9.29. The molecule has 0 aromatic heterocycles. The molecule has 0 fully saturated rings. The molecule has 0 bridgehead atoms. The van der Waals surface area contributed by atoms with Crippen LogP contribution in [0.5, 0.6) is 0 Å². The largest absolute Gasteiger partial charge is 0.501 e. The van der Waals surface area contributed by atoms with Gasteiger partial charge in [0, 0.05) is 12.2 Å². The highest BCUT2D eigenvalue weighted by atomic mass is 32.2. The Balaban J connectivity index is 2.61. The van der Waals surface area contributed by atoms with Crippen LogP contribution in [-0.4, -0.2) is 33.6 Å². The molecule has 0 aliphatic carbocycles. The molecular weight excluding hydrogens is 293 g/mol. The molecule has 0 saturated heterocycles. The van der Waals surface area contributed by atoms with Crippen LogP contribution in [0.25, 0.3) is 0 Å². The van der Waals surface area contributed by atoms with E-state index in [0.29, 0.717) is 12.2 Å². The average Bonchev–Trinajstić information content (AvgIpc) is 2.38. The highest BCUT2D eigenvalue weighted by Gasteiger charge is 2.46. The van der Waals surface area contributed by atoms with E-state index in [1.807, 2.05) is 6.92 Å². The molecular formula is C12H17F3N2O2S. The van der Waals surface area contributed by atoms with Crippen LogP contribution in [0, 0.1) is 0 Å². The summed E-state index contributed by atoms with van der Waals surface area (Å²) in [5.74, 6) is 0. The van der Waals surface area contributed by atoms with E-state index < -0.39 is 20.2 Å². The van der Waals surface area contributed by atoms with Crippen LogP contribution in [0.15, 0.2) is 29.2 Å². The molecule has 0 aliphatic rings. The van der Waals surface area contributed by atoms with Crippen molar-refractivity contribution in [1.82, 2.24) is 5.32 Å². The molecule has 0 amide bonds. The Labute approximate surface area is 116 Å². The molecule has 0 heterocycles. The zero-order valence-corrected chi connectivity index (χ0v) is 11.8. The topological polar surface area (TPSA) is 58.2 Å². The van der Waals surface area contributed by atoms with Crippen LogP contribution >= 0.6 is 0 Å². The van der Waals surface area contributed by atoms with E-state index in [2.05, 4.69) is 10.6 Å². The number of sulfone groups is 1. The minimum atomic E-state index is -5.27. The fourth-order valence-electron chi connectivity index (χ4n) is 1.51. The third-order valence-corrected chi connectivity index (χ3v) is 4.08. The lowest BCUT2D eigenvalue weighted by atomic mass is 10.3. The molecule has 1 rings (SSSR count). The maximum absolute atomic E-state index is 12.3. The summed E-state index contributed by atoms with van der Waals surface area (Å²) in [5, 5.41) is 6.14. The number of hydrogen-bond acceptors (Lipinski definition) is 4. The molecule has 8 heteroatoms. The SMILES string of the molecule is CCNCCCNc1ccc(S(=O)(=O)C(F)(F)F)cc1. The number of alkyl halides is 3. The summed E-state index contributed by atoms with van der Waals surface area (Å²) in [5.41, 5.74) is -4.68. The van der Waals surface area contributed by atoms with Gasteiger partial charge in [0.1, 0.15) is 0 Å². The van der Waals surface area contributed by atoms with Crippen LogP contribution < -0.4 is 10.6 Å². The Hall–Kier alpha value is -1.28. The van der Waals surface area contributed by atoms with E-state index in [-0.39, 0.29) is 0 Å². The smallest absolute Gasteiger partial charge is 0.385 e. The van der Waals surface area contributed by atoms with Crippen LogP contribution in [0.1, 0.15) is 13.3 Å². The lowest BCUT2D eigenvalue weighted by Crippen LogP contribution is -2.23. The number of rotatable bonds is 7. The van der Waals surface area contributed by atoms with Crippen molar-refractivity contribution in [3.8, 4) is 0 Å². The van der Waals surface area contributed by atoms with Crippen molar-refractivity contribution in [2.24, 2.45) is 0 Å². The standard InChI is InChI=1S/C12H17F3N2O2S/c1-2-16-8-3-9-17-10-4-6-11(7-5-10)20(18,19)12(13,14)15/h4-7,16-17H,2-3,8-9H2,1H3. The van der Waals surface area contributed by atoms with E-state index in [4.69, 9.17) is 0 Å². The predicted molar refractivity (Wildman–Crippen MR) is 71.3 cm³/mol. The highest BCUT2D eigenvalue weighted by Crippen LogP contribution is 2.30. The molecule has 114 valence electrons. The fraction of sp³-hybridized carbons (Fsp3) is 0.500. The fourth-order valence-corrected chi connectivity index (χ4v) is 2.27. The van der Waals surface area contributed by atoms with Gasteiger partial charge in [-0.15, -0.1) is 0 Å². The second kappa shape index (κ2) is 6.94. The van der Waals surface area contributed by atoms with Gasteiger partial charge in [0.15, 0.2) is 0 Å². The van der Waals surface area contributed by atoms with E-state index in [1.165, 1.54) is 12.1 Å². The zero-order chi connectivity index (χ0) is 15.2. The van der Waals surface area contributed by atoms with E-state index in [9.17, 15) is 21.6 Å². The van der Waals surface area contributed by atoms with Crippen molar-refractivity contribution in [3.63, 3.8) is 0 Å². The lowest BCUT2D eigenvalue weighted by molar-refractivity contribution is -0.0436. The van der Waals surface area contributed by atoms with Crippen molar-refractivity contribution >= 4 is 15.5 Å². The Morgan fingerprint density at radius 2 is 1.70 bits per heavy atom. The highest BCUT2D eigenvalue weighted by molar-refractivity contribution is 7.92. The van der Waals surface area contributed by atoms with Crippen molar-refractivity contribution in [3.05, 3.63) is 24.3 Å². The van der Waals surface area contributed by atoms with Gasteiger partial charge >= 0.3 is 5.51 Å². The van der Waals surface area contributed by atoms with Gasteiger partial charge in [0.25, 0.3) is 9.84 Å². The molecule has 1 aromatic carbocycles. The van der Waals surface area contributed by atoms with E-state index in [1.54, 1.807) is 0 Å². The second-order valence-corrected chi connectivity index (χ2v) is 6.05. The average molecular weight is 310 g/mol. The maximum Gasteiger partial charge on any atom is 0.501 e. The van der Waals surface area contributed by atoms with Crippen LogP contribution in [0.4, 0.5) is 18.9 Å². The van der Waals surface area contributed by atoms with Gasteiger partial charge in [0.05, 0.1) is 4.90 Å². The van der Waals surface area contributed by atoms with Crippen LogP contribution in [0.3, 0.4) is 0 Å². The van der Waals surface area contributed by atoms with Gasteiger partial charge in [-0.3, -0.25) is 0 Å². The quantitative estimate of drug-likeness (QED) is 0.759. The summed E-state index contributed by atoms with van der Waals surface area (Å²) < 4.78 is 59.3. The van der Waals surface area contributed by atoms with Gasteiger partial charge in [-0.25, -0.2) is 8.42 Å². The van der Waals surface area contributed by atoms with Crippen molar-refractivity contribution < 1.29 is 21.6 Å². The molecule has 0 saturated carbocycles. The molecule has 0 spiro atoms. The molecule has 0 unspecified atom stereocenters. The zero-order valence-electron chi connectivity index (χ0n) is 11.0.